The van der Waals surface area contributed by atoms with Crippen LogP contribution in [0.25, 0.3) is 33.3 Å². The highest BCUT2D eigenvalue weighted by Gasteiger charge is 2.30. The lowest BCUT2D eigenvalue weighted by Gasteiger charge is -2.09. The van der Waals surface area contributed by atoms with Crippen molar-refractivity contribution in [3.05, 3.63) is 67.6 Å². The quantitative estimate of drug-likeness (QED) is 0.325. The average molecular weight is 547 g/mol. The van der Waals surface area contributed by atoms with E-state index >= 15 is 0 Å². The van der Waals surface area contributed by atoms with E-state index in [1.165, 1.54) is 7.05 Å². The first-order valence-electron chi connectivity index (χ1n) is 13.1. The number of hydrogen-bond acceptors (Lipinski definition) is 5. The Balaban J connectivity index is 1.46. The monoisotopic (exact) mass is 546 g/mol. The van der Waals surface area contributed by atoms with Gasteiger partial charge in [-0.3, -0.25) is 28.5 Å². The van der Waals surface area contributed by atoms with E-state index in [1.807, 2.05) is 23.7 Å². The van der Waals surface area contributed by atoms with Crippen LogP contribution in [0, 0.1) is 5.92 Å². The zero-order chi connectivity index (χ0) is 27.0. The van der Waals surface area contributed by atoms with Crippen molar-refractivity contribution in [2.45, 2.75) is 44.8 Å². The lowest BCUT2D eigenvalue weighted by atomic mass is 10.2. The molecule has 200 valence electrons. The van der Waals surface area contributed by atoms with Crippen molar-refractivity contribution in [1.82, 2.24) is 39.0 Å². The molecule has 2 aliphatic rings. The number of H-pyrrole nitrogens is 1. The average Bonchev–Trinajstić information content (AvgIpc) is 3.81. The summed E-state index contributed by atoms with van der Waals surface area (Å²) in [5.41, 5.74) is 2.74. The zero-order valence-corrected chi connectivity index (χ0v) is 22.3. The van der Waals surface area contributed by atoms with E-state index in [-0.39, 0.29) is 24.2 Å². The molecule has 2 N–H and O–H groups in total. The Morgan fingerprint density at radius 3 is 2.69 bits per heavy atom. The number of aromatic nitrogens is 7. The largest absolute Gasteiger partial charge is 0.349 e. The van der Waals surface area contributed by atoms with Crippen molar-refractivity contribution in [1.29, 1.82) is 0 Å². The molecule has 12 heteroatoms. The molecule has 1 aromatic carbocycles. The van der Waals surface area contributed by atoms with Crippen LogP contribution in [0.3, 0.4) is 0 Å². The molecule has 0 aliphatic heterocycles. The van der Waals surface area contributed by atoms with E-state index in [1.54, 1.807) is 27.6 Å². The number of nitrogens with zero attached hydrogens (tertiary/aromatic N) is 6. The molecule has 0 saturated heterocycles. The molecule has 2 aliphatic carbocycles. The smallest absolute Gasteiger partial charge is 0.332 e. The molecule has 0 bridgehead atoms. The molecular weight excluding hydrogens is 520 g/mol. The summed E-state index contributed by atoms with van der Waals surface area (Å²) in [7, 11) is 3.33. The Hall–Kier alpha value is -4.12. The molecule has 5 aromatic rings. The summed E-state index contributed by atoms with van der Waals surface area (Å²) in [5, 5.41) is 17.1. The number of amides is 1. The highest BCUT2D eigenvalue weighted by atomic mass is 35.5. The van der Waals surface area contributed by atoms with Crippen LogP contribution in [-0.4, -0.2) is 45.6 Å². The third-order valence-electron chi connectivity index (χ3n) is 7.69. The van der Waals surface area contributed by atoms with Gasteiger partial charge < -0.3 is 9.88 Å². The lowest BCUT2D eigenvalue weighted by molar-refractivity contribution is 0.0951. The van der Waals surface area contributed by atoms with Crippen molar-refractivity contribution < 1.29 is 4.79 Å². The minimum Gasteiger partial charge on any atom is -0.349 e. The standard InChI is InChI=1S/C27H27ClN8O3/c1-33-12-15(25(37)29-17-6-7-17)9-21(33)23-22-24(35(11-14-3-4-14)27(39)34(2)26(22)38)32-36(23)13-20-18-10-16(28)5-8-19(18)30-31-20/h5,8-10,12,14,17H,3-4,6-7,11,13H2,1-2H3,(H,29,37)(H,30,31). The molecule has 11 nitrogen and oxygen atoms in total. The number of benzene rings is 1. The topological polar surface area (TPSA) is 125 Å². The third-order valence-corrected chi connectivity index (χ3v) is 7.92. The van der Waals surface area contributed by atoms with Gasteiger partial charge in [0.1, 0.15) is 11.1 Å². The Kier molecular flexibility index (Phi) is 5.35. The molecule has 4 aromatic heterocycles. The predicted octanol–water partition coefficient (Wildman–Crippen LogP) is 2.78. The second kappa shape index (κ2) is 8.70. The maximum Gasteiger partial charge on any atom is 0.332 e. The van der Waals surface area contributed by atoms with E-state index in [2.05, 4.69) is 15.5 Å². The maximum absolute atomic E-state index is 13.6. The molecule has 7 rings (SSSR count). The number of carbonyl (C=O) groups excluding carboxylic acids is 1. The van der Waals surface area contributed by atoms with E-state index in [0.29, 0.717) is 45.5 Å². The second-order valence-electron chi connectivity index (χ2n) is 10.7. The number of nitrogens with one attached hydrogen (secondary N) is 2. The Bertz CT molecular complexity index is 1920. The fourth-order valence-electron chi connectivity index (χ4n) is 5.19. The number of halogens is 1. The van der Waals surface area contributed by atoms with Crippen molar-refractivity contribution >= 4 is 39.4 Å². The maximum atomic E-state index is 13.6. The van der Waals surface area contributed by atoms with Crippen molar-refractivity contribution in [2.75, 3.05) is 0 Å². The molecule has 2 fully saturated rings. The molecule has 1 amide bonds. The molecule has 0 radical (unpaired) electrons. The number of aromatic amines is 1. The number of aryl methyl sites for hydroxylation is 1. The van der Waals surface area contributed by atoms with Gasteiger partial charge in [0, 0.05) is 43.3 Å². The van der Waals surface area contributed by atoms with Crippen LogP contribution < -0.4 is 16.6 Å². The molecule has 0 spiro atoms. The summed E-state index contributed by atoms with van der Waals surface area (Å²) < 4.78 is 6.31. The number of hydrogen-bond donors (Lipinski definition) is 2. The zero-order valence-electron chi connectivity index (χ0n) is 21.6. The van der Waals surface area contributed by atoms with E-state index in [4.69, 9.17) is 16.7 Å². The highest BCUT2D eigenvalue weighted by Crippen LogP contribution is 2.33. The first-order chi connectivity index (χ1) is 18.8. The molecule has 0 unspecified atom stereocenters. The molecular formula is C27H27ClN8O3. The lowest BCUT2D eigenvalue weighted by Crippen LogP contribution is -2.38. The summed E-state index contributed by atoms with van der Waals surface area (Å²) in [6.07, 6.45) is 5.82. The Labute approximate surface area is 227 Å². The number of rotatable bonds is 7. The van der Waals surface area contributed by atoms with Crippen molar-refractivity contribution in [3.63, 3.8) is 0 Å². The van der Waals surface area contributed by atoms with Crippen LogP contribution >= 0.6 is 11.6 Å². The van der Waals surface area contributed by atoms with Crippen LogP contribution in [0.2, 0.25) is 5.02 Å². The number of carbonyl (C=O) groups is 1. The van der Waals surface area contributed by atoms with E-state index in [0.717, 1.165) is 46.8 Å². The van der Waals surface area contributed by atoms with Crippen LogP contribution in [0.15, 0.2) is 40.1 Å². The summed E-state index contributed by atoms with van der Waals surface area (Å²) in [4.78, 5) is 39.7. The fraction of sp³-hybridized carbons (Fsp3) is 0.370. The second-order valence-corrected chi connectivity index (χ2v) is 11.2. The molecule has 39 heavy (non-hydrogen) atoms. The van der Waals surface area contributed by atoms with Gasteiger partial charge in [0.2, 0.25) is 0 Å². The van der Waals surface area contributed by atoms with Gasteiger partial charge in [-0.15, -0.1) is 0 Å². The number of fused-ring (bicyclic) bond motifs is 2. The van der Waals surface area contributed by atoms with Gasteiger partial charge in [0.25, 0.3) is 11.5 Å². The third kappa shape index (κ3) is 4.08. The van der Waals surface area contributed by atoms with Gasteiger partial charge in [-0.1, -0.05) is 11.6 Å². The SMILES string of the molecule is Cn1cc(C(=O)NC2CC2)cc1-c1c2c(=O)n(C)c(=O)n(CC3CC3)c2nn1Cc1[nH]nc2ccc(Cl)cc12. The summed E-state index contributed by atoms with van der Waals surface area (Å²) >= 11 is 6.28. The van der Waals surface area contributed by atoms with Crippen LogP contribution in [0.4, 0.5) is 0 Å². The van der Waals surface area contributed by atoms with Crippen molar-refractivity contribution in [2.24, 2.45) is 20.0 Å². The first kappa shape index (κ1) is 24.0. The van der Waals surface area contributed by atoms with Gasteiger partial charge in [0.05, 0.1) is 29.0 Å². The normalized spacial score (nSPS) is 15.5. The Morgan fingerprint density at radius 1 is 1.15 bits per heavy atom. The summed E-state index contributed by atoms with van der Waals surface area (Å²) in [6, 6.07) is 7.45. The molecule has 0 atom stereocenters. The van der Waals surface area contributed by atoms with Gasteiger partial charge in [-0.2, -0.15) is 10.2 Å². The van der Waals surface area contributed by atoms with Crippen molar-refractivity contribution in [3.8, 4) is 11.4 Å². The van der Waals surface area contributed by atoms with Crippen LogP contribution in [0.1, 0.15) is 41.7 Å². The van der Waals surface area contributed by atoms with E-state index in [9.17, 15) is 14.4 Å². The van der Waals surface area contributed by atoms with Crippen LogP contribution in [0.5, 0.6) is 0 Å². The van der Waals surface area contributed by atoms with Gasteiger partial charge >= 0.3 is 5.69 Å². The minimum atomic E-state index is -0.425. The first-order valence-corrected chi connectivity index (χ1v) is 13.5. The van der Waals surface area contributed by atoms with Gasteiger partial charge in [-0.05, 0) is 55.9 Å². The molecule has 2 saturated carbocycles. The van der Waals surface area contributed by atoms with Gasteiger partial charge in [0.15, 0.2) is 5.65 Å². The minimum absolute atomic E-state index is 0.150. The summed E-state index contributed by atoms with van der Waals surface area (Å²) in [5.74, 6) is 0.242. The highest BCUT2D eigenvalue weighted by molar-refractivity contribution is 6.31. The molecule has 4 heterocycles. The predicted molar refractivity (Wildman–Crippen MR) is 147 cm³/mol. The fourth-order valence-corrected chi connectivity index (χ4v) is 5.36. The Morgan fingerprint density at radius 2 is 1.95 bits per heavy atom. The van der Waals surface area contributed by atoms with Crippen LogP contribution in [-0.2, 0) is 27.2 Å². The summed E-state index contributed by atoms with van der Waals surface area (Å²) in [6.45, 7) is 0.751. The van der Waals surface area contributed by atoms with Gasteiger partial charge in [-0.25, -0.2) is 4.79 Å². The van der Waals surface area contributed by atoms with E-state index < -0.39 is 5.56 Å².